The van der Waals surface area contributed by atoms with E-state index in [1.165, 1.54) is 23.9 Å². The number of hydrogen-bond donors (Lipinski definition) is 4. The van der Waals surface area contributed by atoms with Crippen LogP contribution >= 0.6 is 11.8 Å². The van der Waals surface area contributed by atoms with Crippen LogP contribution in [0.4, 0.5) is 13.2 Å². The van der Waals surface area contributed by atoms with Crippen molar-refractivity contribution >= 4 is 23.7 Å². The third-order valence-electron chi connectivity index (χ3n) is 5.24. The molecule has 0 bridgehead atoms. The van der Waals surface area contributed by atoms with E-state index < -0.39 is 36.3 Å². The van der Waals surface area contributed by atoms with Crippen LogP contribution in [0.3, 0.4) is 0 Å². The summed E-state index contributed by atoms with van der Waals surface area (Å²) in [5.74, 6) is -0.553. The van der Waals surface area contributed by atoms with E-state index in [-0.39, 0.29) is 23.7 Å². The Morgan fingerprint density at radius 2 is 1.67 bits per heavy atom. The summed E-state index contributed by atoms with van der Waals surface area (Å²) in [5, 5.41) is 17.0. The van der Waals surface area contributed by atoms with E-state index in [2.05, 4.69) is 0 Å². The zero-order valence-electron chi connectivity index (χ0n) is 23.5. The van der Waals surface area contributed by atoms with Crippen LogP contribution in [0.25, 0.3) is 0 Å². The number of benzene rings is 2. The Balaban J connectivity index is 0. The first-order valence-electron chi connectivity index (χ1n) is 12.6. The van der Waals surface area contributed by atoms with Gasteiger partial charge in [-0.05, 0) is 81.3 Å². The lowest BCUT2D eigenvalue weighted by atomic mass is 10.1. The topological polar surface area (TPSA) is 217 Å². The van der Waals surface area contributed by atoms with Crippen LogP contribution in [-0.2, 0) is 20.5 Å². The van der Waals surface area contributed by atoms with Crippen molar-refractivity contribution < 1.29 is 58.1 Å². The second-order valence-corrected chi connectivity index (χ2v) is 9.65. The van der Waals surface area contributed by atoms with Crippen LogP contribution in [0.2, 0.25) is 0 Å². The summed E-state index contributed by atoms with van der Waals surface area (Å²) < 4.78 is 54.4. The summed E-state index contributed by atoms with van der Waals surface area (Å²) in [6.07, 6.45) is -2.47. The predicted octanol–water partition coefficient (Wildman–Crippen LogP) is 2.93. The second kappa shape index (κ2) is 21.6. The quantitative estimate of drug-likeness (QED) is 0.158. The zero-order chi connectivity index (χ0) is 30.1. The third-order valence-corrected chi connectivity index (χ3v) is 6.37. The minimum Gasteiger partial charge on any atom is -0.491 e. The zero-order valence-corrected chi connectivity index (χ0v) is 24.3. The van der Waals surface area contributed by atoms with Crippen molar-refractivity contribution in [3.8, 4) is 11.5 Å². The van der Waals surface area contributed by atoms with Gasteiger partial charge >= 0.3 is 18.1 Å². The normalized spacial score (nSPS) is 12.0. The number of carboxylic acid groups (broad SMARTS) is 2. The maximum absolute atomic E-state index is 12.6. The van der Waals surface area contributed by atoms with Gasteiger partial charge in [-0.1, -0.05) is 6.42 Å². The maximum Gasteiger partial charge on any atom is 0.416 e. The van der Waals surface area contributed by atoms with Crippen LogP contribution in [0.5, 0.6) is 11.5 Å². The lowest BCUT2D eigenvalue weighted by Gasteiger charge is -2.18. The molecular weight excluding hydrogens is 585 g/mol. The molecular formula is C27H41F3N2O9S. The van der Waals surface area contributed by atoms with Gasteiger partial charge in [0.1, 0.15) is 30.3 Å². The van der Waals surface area contributed by atoms with Gasteiger partial charge in [-0.3, -0.25) is 4.79 Å². The summed E-state index contributed by atoms with van der Waals surface area (Å²) >= 11 is 1.53. The van der Waals surface area contributed by atoms with Crippen molar-refractivity contribution in [2.75, 3.05) is 32.1 Å². The molecule has 2 atom stereocenters. The van der Waals surface area contributed by atoms with E-state index in [9.17, 15) is 22.8 Å². The average Bonchev–Trinajstić information content (AvgIpc) is 2.89. The standard InChI is InChI=1S/C21H23F3O5S.C6H14N2O2.2H2O/c1-3-27-17(11-28-16-6-4-15(5-7-16)21(22,23)24)13-30-18-8-9-19(14(2)10-18)29-12-20(25)26;7-4-2-1-3-5(8)6(9)10;;/h4-10,17H,3,11-13H2,1-2H3,(H,25,26);5H,1-4,7-8H2,(H,9,10);2*1H2/t17-;5-;;/m10../s1. The fraction of sp³-hybridized carbons (Fsp3) is 0.481. The molecule has 0 radical (unpaired) electrons. The number of aryl methyl sites for hydroxylation is 1. The molecule has 10 N–H and O–H groups in total. The molecule has 0 fully saturated rings. The molecule has 0 spiro atoms. The number of hydrogen-bond acceptors (Lipinski definition) is 8. The van der Waals surface area contributed by atoms with Gasteiger partial charge in [-0.25, -0.2) is 4.79 Å². The molecule has 0 aliphatic carbocycles. The number of thioether (sulfide) groups is 1. The van der Waals surface area contributed by atoms with Gasteiger partial charge in [-0.15, -0.1) is 11.8 Å². The number of nitrogens with two attached hydrogens (primary N) is 2. The summed E-state index contributed by atoms with van der Waals surface area (Å²) in [4.78, 5) is 21.7. The number of halogens is 3. The molecule has 42 heavy (non-hydrogen) atoms. The van der Waals surface area contributed by atoms with Gasteiger partial charge in [0, 0.05) is 17.3 Å². The van der Waals surface area contributed by atoms with Gasteiger partial charge in [0.15, 0.2) is 6.61 Å². The lowest BCUT2D eigenvalue weighted by molar-refractivity contribution is -0.140. The van der Waals surface area contributed by atoms with Gasteiger partial charge in [0.05, 0.1) is 5.56 Å². The van der Waals surface area contributed by atoms with Crippen molar-refractivity contribution in [3.05, 3.63) is 53.6 Å². The summed E-state index contributed by atoms with van der Waals surface area (Å²) in [7, 11) is 0. The molecule has 0 heterocycles. The number of rotatable bonds is 16. The summed E-state index contributed by atoms with van der Waals surface area (Å²) in [6, 6.07) is 9.26. The predicted molar refractivity (Wildman–Crippen MR) is 153 cm³/mol. The molecule has 2 rings (SSSR count). The van der Waals surface area contributed by atoms with Crippen molar-refractivity contribution in [1.82, 2.24) is 0 Å². The van der Waals surface area contributed by atoms with E-state index >= 15 is 0 Å². The molecule has 15 heteroatoms. The molecule has 0 aliphatic heterocycles. The first-order valence-corrected chi connectivity index (χ1v) is 13.5. The monoisotopic (exact) mass is 626 g/mol. The Labute approximate surface area is 246 Å². The number of carboxylic acids is 2. The minimum atomic E-state index is -4.38. The van der Waals surface area contributed by atoms with Crippen molar-refractivity contribution in [2.45, 2.75) is 56.3 Å². The van der Waals surface area contributed by atoms with Crippen LogP contribution < -0.4 is 20.9 Å². The van der Waals surface area contributed by atoms with E-state index in [0.29, 0.717) is 36.8 Å². The summed E-state index contributed by atoms with van der Waals surface area (Å²) in [6.45, 7) is 4.56. The Hall–Kier alpha value is -3.08. The molecule has 0 saturated heterocycles. The minimum absolute atomic E-state index is 0. The highest BCUT2D eigenvalue weighted by molar-refractivity contribution is 7.99. The molecule has 0 aliphatic rings. The third kappa shape index (κ3) is 17.0. The highest BCUT2D eigenvalue weighted by atomic mass is 32.2. The Kier molecular flexibility index (Phi) is 21.1. The molecule has 0 saturated carbocycles. The molecule has 0 unspecified atom stereocenters. The highest BCUT2D eigenvalue weighted by Gasteiger charge is 2.30. The Morgan fingerprint density at radius 3 is 2.17 bits per heavy atom. The SMILES string of the molecule is CCO[C@H](COc1ccc(C(F)(F)F)cc1)CSc1ccc(OCC(=O)O)c(C)c1.NCCCC[C@H](N)C(=O)O.O.O. The molecule has 11 nitrogen and oxygen atoms in total. The second-order valence-electron chi connectivity index (χ2n) is 8.56. The van der Waals surface area contributed by atoms with Crippen molar-refractivity contribution in [2.24, 2.45) is 11.5 Å². The fourth-order valence-corrected chi connectivity index (χ4v) is 4.14. The molecule has 2 aromatic carbocycles. The van der Waals surface area contributed by atoms with E-state index in [0.717, 1.165) is 35.4 Å². The maximum atomic E-state index is 12.6. The van der Waals surface area contributed by atoms with Crippen LogP contribution in [0.1, 0.15) is 37.3 Å². The number of carbonyl (C=O) groups is 2. The van der Waals surface area contributed by atoms with Crippen LogP contribution in [0, 0.1) is 6.92 Å². The smallest absolute Gasteiger partial charge is 0.416 e. The molecule has 0 amide bonds. The van der Waals surface area contributed by atoms with E-state index in [1.54, 1.807) is 6.07 Å². The molecule has 240 valence electrons. The average molecular weight is 627 g/mol. The molecule has 2 aromatic rings. The number of aliphatic carboxylic acids is 2. The van der Waals surface area contributed by atoms with Crippen LogP contribution in [-0.4, -0.2) is 77.4 Å². The van der Waals surface area contributed by atoms with Crippen molar-refractivity contribution in [3.63, 3.8) is 0 Å². The van der Waals surface area contributed by atoms with Crippen LogP contribution in [0.15, 0.2) is 47.4 Å². The Bertz CT molecular complexity index is 1040. The fourth-order valence-electron chi connectivity index (χ4n) is 3.14. The number of ether oxygens (including phenoxy) is 3. The van der Waals surface area contributed by atoms with Gasteiger partial charge in [0.25, 0.3) is 0 Å². The lowest BCUT2D eigenvalue weighted by Crippen LogP contribution is -2.29. The number of unbranched alkanes of at least 4 members (excludes halogenated alkanes) is 1. The van der Waals surface area contributed by atoms with Gasteiger partial charge in [-0.2, -0.15) is 13.2 Å². The van der Waals surface area contributed by atoms with Gasteiger partial charge in [0.2, 0.25) is 0 Å². The van der Waals surface area contributed by atoms with E-state index in [4.69, 9.17) is 35.9 Å². The largest absolute Gasteiger partial charge is 0.491 e. The first kappa shape index (κ1) is 41.1. The molecule has 0 aromatic heterocycles. The van der Waals surface area contributed by atoms with E-state index in [1.807, 2.05) is 26.0 Å². The number of alkyl halides is 3. The Morgan fingerprint density at radius 1 is 1.02 bits per heavy atom. The first-order chi connectivity index (χ1) is 18.9. The van der Waals surface area contributed by atoms with Gasteiger partial charge < -0.3 is 46.8 Å². The summed E-state index contributed by atoms with van der Waals surface area (Å²) in [5.41, 5.74) is 10.5. The van der Waals surface area contributed by atoms with Crippen molar-refractivity contribution in [1.29, 1.82) is 0 Å². The highest BCUT2D eigenvalue weighted by Crippen LogP contribution is 2.30.